The van der Waals surface area contributed by atoms with Gasteiger partial charge < -0.3 is 10.2 Å². The number of fused-ring (bicyclic) bond motifs is 2. The zero-order valence-corrected chi connectivity index (χ0v) is 19.0. The molecule has 1 atom stereocenters. The van der Waals surface area contributed by atoms with Gasteiger partial charge in [-0.3, -0.25) is 4.68 Å². The lowest BCUT2D eigenvalue weighted by Crippen LogP contribution is -2.34. The zero-order chi connectivity index (χ0) is 24.7. The fourth-order valence-electron chi connectivity index (χ4n) is 4.29. The molecule has 1 unspecified atom stereocenters. The van der Waals surface area contributed by atoms with Crippen LogP contribution in [0.1, 0.15) is 47.7 Å². The smallest absolute Gasteiger partial charge is 0.266 e. The number of hydrogen-bond donors (Lipinski definition) is 1. The number of nitrogens with one attached hydrogen (secondary N) is 1. The van der Waals surface area contributed by atoms with Gasteiger partial charge in [-0.25, -0.2) is 28.1 Å². The van der Waals surface area contributed by atoms with Gasteiger partial charge in [0.15, 0.2) is 5.69 Å². The monoisotopic (exact) mass is 478 g/mol. The molecule has 0 spiro atoms. The molecule has 35 heavy (non-hydrogen) atoms. The highest BCUT2D eigenvalue weighted by molar-refractivity contribution is 5.90. The third-order valence-electron chi connectivity index (χ3n) is 6.03. The Bertz CT molecular complexity index is 1460. The molecule has 11 heteroatoms. The van der Waals surface area contributed by atoms with Gasteiger partial charge in [0, 0.05) is 17.5 Å². The molecule has 1 N–H and O–H groups in total. The summed E-state index contributed by atoms with van der Waals surface area (Å²) >= 11 is 0. The van der Waals surface area contributed by atoms with Crippen molar-refractivity contribution in [1.82, 2.24) is 24.7 Å². The Hall–Kier alpha value is -4.20. The van der Waals surface area contributed by atoms with E-state index in [9.17, 15) is 13.2 Å². The van der Waals surface area contributed by atoms with Gasteiger partial charge in [-0.1, -0.05) is 18.2 Å². The maximum Gasteiger partial charge on any atom is 0.266 e. The first kappa shape index (κ1) is 22.6. The summed E-state index contributed by atoms with van der Waals surface area (Å²) < 4.78 is 42.9. The normalized spacial score (nSPS) is 14.1. The van der Waals surface area contributed by atoms with Crippen molar-refractivity contribution in [2.45, 2.75) is 39.4 Å². The summed E-state index contributed by atoms with van der Waals surface area (Å²) in [6, 6.07) is 9.03. The maximum absolute atomic E-state index is 14.7. The Morgan fingerprint density at radius 3 is 2.71 bits per heavy atom. The highest BCUT2D eigenvalue weighted by Gasteiger charge is 2.22. The number of halogens is 3. The van der Waals surface area contributed by atoms with Crippen molar-refractivity contribution in [3.63, 3.8) is 0 Å². The second-order valence-corrected chi connectivity index (χ2v) is 8.37. The van der Waals surface area contributed by atoms with Gasteiger partial charge in [0.05, 0.1) is 42.1 Å². The molecule has 0 saturated carbocycles. The van der Waals surface area contributed by atoms with Gasteiger partial charge in [-0.05, 0) is 26.0 Å². The molecule has 4 aromatic rings. The van der Waals surface area contributed by atoms with Gasteiger partial charge in [0.1, 0.15) is 29.3 Å². The molecule has 0 aliphatic carbocycles. The summed E-state index contributed by atoms with van der Waals surface area (Å²) in [5.41, 5.74) is 1.39. The van der Waals surface area contributed by atoms with Gasteiger partial charge in [0.25, 0.3) is 6.43 Å². The Labute approximate surface area is 199 Å². The zero-order valence-electron chi connectivity index (χ0n) is 19.0. The molecule has 0 amide bonds. The maximum atomic E-state index is 14.7. The van der Waals surface area contributed by atoms with Crippen molar-refractivity contribution in [1.29, 1.82) is 5.26 Å². The molecule has 0 radical (unpaired) electrons. The van der Waals surface area contributed by atoms with Crippen LogP contribution >= 0.6 is 0 Å². The Morgan fingerprint density at radius 1 is 1.14 bits per heavy atom. The fraction of sp³-hybridized carbons (Fsp3) is 0.292. The minimum absolute atomic E-state index is 0.124. The number of aromatic nitrogens is 5. The third kappa shape index (κ3) is 4.23. The largest absolute Gasteiger partial charge is 0.363 e. The van der Waals surface area contributed by atoms with Crippen LogP contribution in [0.2, 0.25) is 0 Å². The number of aryl methyl sites for hydroxylation is 1. The first-order chi connectivity index (χ1) is 16.8. The van der Waals surface area contributed by atoms with Crippen LogP contribution in [-0.2, 0) is 13.1 Å². The quantitative estimate of drug-likeness (QED) is 0.445. The summed E-state index contributed by atoms with van der Waals surface area (Å²) in [4.78, 5) is 15.6. The van der Waals surface area contributed by atoms with E-state index >= 15 is 0 Å². The van der Waals surface area contributed by atoms with Gasteiger partial charge in [-0.15, -0.1) is 0 Å². The first-order valence-electron chi connectivity index (χ1n) is 11.0. The molecule has 1 aromatic carbocycles. The van der Waals surface area contributed by atoms with E-state index in [2.05, 4.69) is 36.3 Å². The lowest BCUT2D eigenvalue weighted by Gasteiger charge is -2.28. The van der Waals surface area contributed by atoms with E-state index in [4.69, 9.17) is 5.26 Å². The summed E-state index contributed by atoms with van der Waals surface area (Å²) in [6.07, 6.45) is -1.25. The predicted molar refractivity (Wildman–Crippen MR) is 123 cm³/mol. The fourth-order valence-corrected chi connectivity index (χ4v) is 4.29. The van der Waals surface area contributed by atoms with Crippen molar-refractivity contribution in [3.8, 4) is 6.07 Å². The van der Waals surface area contributed by atoms with Crippen LogP contribution in [0, 0.1) is 24.1 Å². The lowest BCUT2D eigenvalue weighted by atomic mass is 10.0. The SMILES string of the molecule is Cc1nc(NC(C)c2cccc(C(F)F)c2F)c2cc(N3CCn4nc(C#N)cc4C3)ncc2n1. The molecule has 8 nitrogen and oxygen atoms in total. The molecular weight excluding hydrogens is 457 g/mol. The third-order valence-corrected chi connectivity index (χ3v) is 6.03. The number of benzene rings is 1. The Morgan fingerprint density at radius 2 is 1.94 bits per heavy atom. The van der Waals surface area contributed by atoms with E-state index in [0.29, 0.717) is 53.7 Å². The molecule has 0 bridgehead atoms. The number of alkyl halides is 2. The topological polar surface area (TPSA) is 95.6 Å². The summed E-state index contributed by atoms with van der Waals surface area (Å²) in [6.45, 7) is 5.22. The number of pyridine rings is 1. The number of rotatable bonds is 5. The van der Waals surface area contributed by atoms with Crippen LogP contribution in [0.15, 0.2) is 36.5 Å². The number of anilines is 2. The minimum Gasteiger partial charge on any atom is -0.363 e. The molecule has 1 aliphatic heterocycles. The second-order valence-electron chi connectivity index (χ2n) is 8.37. The standard InChI is InChI=1S/C24H21F3N8/c1-13(17-4-3-5-18(22(17)25)23(26)27)30-24-19-9-21(29-11-20(19)31-14(2)32-24)34-6-7-35-16(12-34)8-15(10-28)33-35/h3-5,8-9,11,13,23H,6-7,12H2,1-2H3,(H,30,31,32). The average molecular weight is 478 g/mol. The molecular formula is C24H21F3N8. The highest BCUT2D eigenvalue weighted by Crippen LogP contribution is 2.31. The van der Waals surface area contributed by atoms with Crippen molar-refractivity contribution < 1.29 is 13.2 Å². The number of hydrogen-bond acceptors (Lipinski definition) is 7. The molecule has 0 saturated heterocycles. The average Bonchev–Trinajstić information content (AvgIpc) is 3.26. The van der Waals surface area contributed by atoms with Crippen LogP contribution in [0.25, 0.3) is 10.9 Å². The van der Waals surface area contributed by atoms with Crippen LogP contribution in [0.5, 0.6) is 0 Å². The van der Waals surface area contributed by atoms with Gasteiger partial charge >= 0.3 is 0 Å². The van der Waals surface area contributed by atoms with Crippen molar-refractivity contribution >= 4 is 22.5 Å². The highest BCUT2D eigenvalue weighted by atomic mass is 19.3. The van der Waals surface area contributed by atoms with E-state index in [1.165, 1.54) is 12.1 Å². The first-order valence-corrected chi connectivity index (χ1v) is 11.0. The Kier molecular flexibility index (Phi) is 5.72. The van der Waals surface area contributed by atoms with Crippen molar-refractivity contribution in [2.75, 3.05) is 16.8 Å². The second kappa shape index (κ2) is 8.87. The Balaban J connectivity index is 1.48. The minimum atomic E-state index is -2.90. The molecule has 3 aromatic heterocycles. The number of nitriles is 1. The molecule has 1 aliphatic rings. The van der Waals surface area contributed by atoms with E-state index < -0.39 is 23.8 Å². The molecule has 5 rings (SSSR count). The van der Waals surface area contributed by atoms with Crippen LogP contribution in [0.4, 0.5) is 24.8 Å². The van der Waals surface area contributed by atoms with Crippen LogP contribution in [0.3, 0.4) is 0 Å². The van der Waals surface area contributed by atoms with E-state index in [1.54, 1.807) is 26.1 Å². The summed E-state index contributed by atoms with van der Waals surface area (Å²) in [7, 11) is 0. The van der Waals surface area contributed by atoms with Gasteiger partial charge in [-0.2, -0.15) is 10.4 Å². The van der Waals surface area contributed by atoms with E-state index in [1.807, 2.05) is 10.7 Å². The van der Waals surface area contributed by atoms with E-state index in [-0.39, 0.29) is 5.56 Å². The van der Waals surface area contributed by atoms with Gasteiger partial charge in [0.2, 0.25) is 0 Å². The molecule has 178 valence electrons. The molecule has 4 heterocycles. The predicted octanol–water partition coefficient (Wildman–Crippen LogP) is 4.67. The summed E-state index contributed by atoms with van der Waals surface area (Å²) in [5, 5.41) is 17.2. The van der Waals surface area contributed by atoms with Crippen molar-refractivity contribution in [3.05, 3.63) is 70.7 Å². The van der Waals surface area contributed by atoms with E-state index in [0.717, 1.165) is 11.8 Å². The van der Waals surface area contributed by atoms with Crippen LogP contribution < -0.4 is 10.2 Å². The molecule has 0 fully saturated rings. The number of nitrogens with zero attached hydrogens (tertiary/aromatic N) is 7. The summed E-state index contributed by atoms with van der Waals surface area (Å²) in [5.74, 6) is 0.716. The van der Waals surface area contributed by atoms with Crippen LogP contribution in [-0.4, -0.2) is 31.3 Å². The lowest BCUT2D eigenvalue weighted by molar-refractivity contribution is 0.146. The van der Waals surface area contributed by atoms with Crippen molar-refractivity contribution in [2.24, 2.45) is 0 Å².